The second kappa shape index (κ2) is 4.53. The Balaban J connectivity index is 2.14. The van der Waals surface area contributed by atoms with Crippen molar-refractivity contribution < 1.29 is 4.79 Å². The molecule has 0 saturated heterocycles. The van der Waals surface area contributed by atoms with Gasteiger partial charge in [-0.2, -0.15) is 0 Å². The summed E-state index contributed by atoms with van der Waals surface area (Å²) in [6.07, 6.45) is 1.76. The number of hydrogen-bond acceptors (Lipinski definition) is 1. The molecule has 2 rings (SSSR count). The molecule has 0 bridgehead atoms. The molecule has 0 atom stereocenters. The van der Waals surface area contributed by atoms with Gasteiger partial charge in [0.1, 0.15) is 0 Å². The summed E-state index contributed by atoms with van der Waals surface area (Å²) < 4.78 is 0.989. The minimum atomic E-state index is -0.0962. The highest BCUT2D eigenvalue weighted by molar-refractivity contribution is 9.10. The van der Waals surface area contributed by atoms with Gasteiger partial charge in [-0.05, 0) is 37.3 Å². The van der Waals surface area contributed by atoms with Crippen LogP contribution in [0.5, 0.6) is 0 Å². The lowest BCUT2D eigenvalue weighted by Crippen LogP contribution is -2.12. The lowest BCUT2D eigenvalue weighted by atomic mass is 10.2. The first-order valence-corrected chi connectivity index (χ1v) is 5.67. The molecule has 1 amide bonds. The van der Waals surface area contributed by atoms with Crippen LogP contribution in [0.2, 0.25) is 0 Å². The van der Waals surface area contributed by atoms with Crippen LogP contribution < -0.4 is 5.32 Å². The number of hydrogen-bond donors (Lipinski definition) is 2. The fourth-order valence-corrected chi connectivity index (χ4v) is 1.69. The number of aromatic nitrogens is 1. The van der Waals surface area contributed by atoms with Crippen LogP contribution >= 0.6 is 15.9 Å². The van der Waals surface area contributed by atoms with Gasteiger partial charge in [0.05, 0.1) is 5.56 Å². The summed E-state index contributed by atoms with van der Waals surface area (Å²) in [4.78, 5) is 14.8. The van der Waals surface area contributed by atoms with Crippen molar-refractivity contribution >= 4 is 27.5 Å². The molecular weight excluding hydrogens is 268 g/mol. The van der Waals surface area contributed by atoms with Gasteiger partial charge in [0, 0.05) is 22.1 Å². The minimum Gasteiger partial charge on any atom is -0.365 e. The maximum atomic E-state index is 11.8. The Hall–Kier alpha value is -1.55. The third kappa shape index (κ3) is 2.33. The van der Waals surface area contributed by atoms with E-state index in [1.807, 2.05) is 31.2 Å². The van der Waals surface area contributed by atoms with Crippen LogP contribution in [0.1, 0.15) is 16.1 Å². The molecule has 0 aliphatic heterocycles. The SMILES string of the molecule is Cc1[nH]ccc1C(=O)Nc1ccc(Br)cc1. The van der Waals surface area contributed by atoms with E-state index in [4.69, 9.17) is 0 Å². The molecule has 3 nitrogen and oxygen atoms in total. The Morgan fingerprint density at radius 2 is 1.94 bits per heavy atom. The van der Waals surface area contributed by atoms with Crippen molar-refractivity contribution in [3.63, 3.8) is 0 Å². The predicted molar refractivity (Wildman–Crippen MR) is 67.6 cm³/mol. The summed E-state index contributed by atoms with van der Waals surface area (Å²) in [7, 11) is 0. The highest BCUT2D eigenvalue weighted by Crippen LogP contribution is 2.15. The van der Waals surface area contributed by atoms with Gasteiger partial charge >= 0.3 is 0 Å². The quantitative estimate of drug-likeness (QED) is 0.870. The Bertz CT molecular complexity index is 502. The number of carbonyl (C=O) groups excluding carboxylic acids is 1. The zero-order valence-corrected chi connectivity index (χ0v) is 10.3. The standard InChI is InChI=1S/C12H11BrN2O/c1-8-11(6-7-14-8)12(16)15-10-4-2-9(13)3-5-10/h2-7,14H,1H3,(H,15,16). The van der Waals surface area contributed by atoms with Crippen LogP contribution in [-0.2, 0) is 0 Å². The van der Waals surface area contributed by atoms with Gasteiger partial charge in [0.2, 0.25) is 0 Å². The molecule has 0 radical (unpaired) electrons. The van der Waals surface area contributed by atoms with Gasteiger partial charge in [-0.15, -0.1) is 0 Å². The summed E-state index contributed by atoms with van der Waals surface area (Å²) in [5.41, 5.74) is 2.33. The number of aromatic amines is 1. The van der Waals surface area contributed by atoms with E-state index in [9.17, 15) is 4.79 Å². The zero-order valence-electron chi connectivity index (χ0n) is 8.75. The zero-order chi connectivity index (χ0) is 11.5. The molecule has 2 N–H and O–H groups in total. The molecule has 1 aromatic heterocycles. The molecule has 0 unspecified atom stereocenters. The summed E-state index contributed by atoms with van der Waals surface area (Å²) >= 11 is 3.34. The number of benzene rings is 1. The van der Waals surface area contributed by atoms with Gasteiger partial charge in [0.25, 0.3) is 5.91 Å². The van der Waals surface area contributed by atoms with Crippen molar-refractivity contribution in [2.45, 2.75) is 6.92 Å². The van der Waals surface area contributed by atoms with E-state index in [0.717, 1.165) is 15.9 Å². The van der Waals surface area contributed by atoms with Crippen molar-refractivity contribution in [2.24, 2.45) is 0 Å². The lowest BCUT2D eigenvalue weighted by molar-refractivity contribution is 0.102. The van der Waals surface area contributed by atoms with Crippen molar-refractivity contribution in [2.75, 3.05) is 5.32 Å². The van der Waals surface area contributed by atoms with E-state index in [0.29, 0.717) is 5.56 Å². The van der Waals surface area contributed by atoms with E-state index in [1.165, 1.54) is 0 Å². The molecular formula is C12H11BrN2O. The number of aryl methyl sites for hydroxylation is 1. The number of halogens is 1. The molecule has 4 heteroatoms. The summed E-state index contributed by atoms with van der Waals surface area (Å²) in [5, 5.41) is 2.83. The summed E-state index contributed by atoms with van der Waals surface area (Å²) in [6.45, 7) is 1.87. The Labute approximate surface area is 102 Å². The van der Waals surface area contributed by atoms with Crippen LogP contribution in [0.4, 0.5) is 5.69 Å². The van der Waals surface area contributed by atoms with E-state index in [1.54, 1.807) is 12.3 Å². The van der Waals surface area contributed by atoms with Gasteiger partial charge in [-0.25, -0.2) is 0 Å². The summed E-state index contributed by atoms with van der Waals surface area (Å²) in [6, 6.07) is 9.25. The molecule has 82 valence electrons. The van der Waals surface area contributed by atoms with Gasteiger partial charge in [-0.3, -0.25) is 4.79 Å². The molecule has 0 aliphatic carbocycles. The highest BCUT2D eigenvalue weighted by Gasteiger charge is 2.09. The number of carbonyl (C=O) groups is 1. The topological polar surface area (TPSA) is 44.9 Å². The molecule has 0 saturated carbocycles. The van der Waals surface area contributed by atoms with Gasteiger partial charge in [-0.1, -0.05) is 15.9 Å². The van der Waals surface area contributed by atoms with Crippen LogP contribution in [0.3, 0.4) is 0 Å². The van der Waals surface area contributed by atoms with E-state index < -0.39 is 0 Å². The van der Waals surface area contributed by atoms with Gasteiger partial charge in [0.15, 0.2) is 0 Å². The molecule has 1 heterocycles. The Morgan fingerprint density at radius 1 is 1.25 bits per heavy atom. The third-order valence-electron chi connectivity index (χ3n) is 2.30. The number of H-pyrrole nitrogens is 1. The molecule has 16 heavy (non-hydrogen) atoms. The minimum absolute atomic E-state index is 0.0962. The molecule has 0 aliphatic rings. The second-order valence-corrected chi connectivity index (χ2v) is 4.39. The fraction of sp³-hybridized carbons (Fsp3) is 0.0833. The largest absolute Gasteiger partial charge is 0.365 e. The van der Waals surface area contributed by atoms with E-state index in [-0.39, 0.29) is 5.91 Å². The van der Waals surface area contributed by atoms with Crippen LogP contribution in [0.15, 0.2) is 41.0 Å². The Kier molecular flexibility index (Phi) is 3.10. The first-order valence-electron chi connectivity index (χ1n) is 4.88. The van der Waals surface area contributed by atoms with E-state index >= 15 is 0 Å². The highest BCUT2D eigenvalue weighted by atomic mass is 79.9. The average Bonchev–Trinajstić information content (AvgIpc) is 2.68. The third-order valence-corrected chi connectivity index (χ3v) is 2.83. The van der Waals surface area contributed by atoms with Crippen molar-refractivity contribution in [3.8, 4) is 0 Å². The number of nitrogens with one attached hydrogen (secondary N) is 2. The fourth-order valence-electron chi connectivity index (χ4n) is 1.43. The average molecular weight is 279 g/mol. The predicted octanol–water partition coefficient (Wildman–Crippen LogP) is 3.34. The van der Waals surface area contributed by atoms with Crippen molar-refractivity contribution in [1.29, 1.82) is 0 Å². The lowest BCUT2D eigenvalue weighted by Gasteiger charge is -2.04. The molecule has 0 spiro atoms. The number of rotatable bonds is 2. The molecule has 2 aromatic rings. The van der Waals surface area contributed by atoms with Crippen LogP contribution in [-0.4, -0.2) is 10.9 Å². The number of anilines is 1. The summed E-state index contributed by atoms with van der Waals surface area (Å²) in [5.74, 6) is -0.0962. The van der Waals surface area contributed by atoms with Crippen molar-refractivity contribution in [1.82, 2.24) is 4.98 Å². The van der Waals surface area contributed by atoms with Crippen molar-refractivity contribution in [3.05, 3.63) is 52.3 Å². The van der Waals surface area contributed by atoms with Crippen LogP contribution in [0.25, 0.3) is 0 Å². The second-order valence-electron chi connectivity index (χ2n) is 3.48. The normalized spacial score (nSPS) is 10.1. The monoisotopic (exact) mass is 278 g/mol. The molecule has 0 fully saturated rings. The first kappa shape index (κ1) is 11.0. The maximum absolute atomic E-state index is 11.8. The Morgan fingerprint density at radius 3 is 2.50 bits per heavy atom. The van der Waals surface area contributed by atoms with Crippen LogP contribution in [0, 0.1) is 6.92 Å². The number of amides is 1. The molecule has 1 aromatic carbocycles. The van der Waals surface area contributed by atoms with E-state index in [2.05, 4.69) is 26.2 Å². The maximum Gasteiger partial charge on any atom is 0.257 e. The van der Waals surface area contributed by atoms with Gasteiger partial charge < -0.3 is 10.3 Å². The smallest absolute Gasteiger partial charge is 0.257 e. The first-order chi connectivity index (χ1) is 7.66.